The molecule has 0 bridgehead atoms. The molecule has 1 saturated carbocycles. The Kier molecular flexibility index (Phi) is 6.50. The molecule has 2 unspecified atom stereocenters. The molecule has 128 valence electrons. The monoisotopic (exact) mass is 311 g/mol. The lowest BCUT2D eigenvalue weighted by atomic mass is 9.86. The Morgan fingerprint density at radius 3 is 2.68 bits per heavy atom. The number of rotatable bonds is 6. The summed E-state index contributed by atoms with van der Waals surface area (Å²) in [6, 6.07) is 0.0338. The van der Waals surface area contributed by atoms with Gasteiger partial charge in [0.1, 0.15) is 0 Å². The number of hydrogen-bond donors (Lipinski definition) is 3. The lowest BCUT2D eigenvalue weighted by Gasteiger charge is -2.32. The van der Waals surface area contributed by atoms with E-state index in [0.29, 0.717) is 5.92 Å². The minimum Gasteiger partial charge on any atom is -0.396 e. The van der Waals surface area contributed by atoms with E-state index < -0.39 is 0 Å². The Morgan fingerprint density at radius 1 is 1.32 bits per heavy atom. The maximum Gasteiger partial charge on any atom is 0.315 e. The van der Waals surface area contributed by atoms with Crippen LogP contribution in [0.15, 0.2) is 0 Å². The van der Waals surface area contributed by atoms with Crippen molar-refractivity contribution in [3.8, 4) is 0 Å². The van der Waals surface area contributed by atoms with Crippen LogP contribution in [0.2, 0.25) is 0 Å². The fourth-order valence-electron chi connectivity index (χ4n) is 3.85. The molecule has 2 aliphatic rings. The number of amides is 2. The molecule has 0 radical (unpaired) electrons. The molecule has 0 aromatic rings. The number of carbonyl (C=O) groups is 1. The van der Waals surface area contributed by atoms with Crippen LogP contribution in [0.4, 0.5) is 4.79 Å². The van der Waals surface area contributed by atoms with Crippen LogP contribution in [-0.4, -0.2) is 54.9 Å². The van der Waals surface area contributed by atoms with Gasteiger partial charge in [0.25, 0.3) is 0 Å². The summed E-state index contributed by atoms with van der Waals surface area (Å²) in [4.78, 5) is 14.6. The Labute approximate surface area is 134 Å². The van der Waals surface area contributed by atoms with Crippen molar-refractivity contribution in [3.63, 3.8) is 0 Å². The molecule has 2 amide bonds. The van der Waals surface area contributed by atoms with Gasteiger partial charge in [-0.1, -0.05) is 20.3 Å². The molecule has 1 aliphatic carbocycles. The van der Waals surface area contributed by atoms with Crippen LogP contribution in [0.25, 0.3) is 0 Å². The number of nitrogens with zero attached hydrogens (tertiary/aromatic N) is 1. The van der Waals surface area contributed by atoms with E-state index >= 15 is 0 Å². The van der Waals surface area contributed by atoms with Gasteiger partial charge in [-0.15, -0.1) is 0 Å². The number of carbonyl (C=O) groups excluding carboxylic acids is 1. The highest BCUT2D eigenvalue weighted by atomic mass is 16.3. The largest absolute Gasteiger partial charge is 0.396 e. The van der Waals surface area contributed by atoms with Crippen molar-refractivity contribution in [2.75, 3.05) is 32.8 Å². The number of urea groups is 1. The Balaban J connectivity index is 1.66. The van der Waals surface area contributed by atoms with Crippen molar-refractivity contribution in [1.82, 2.24) is 15.5 Å². The molecule has 1 saturated heterocycles. The molecule has 2 rings (SSSR count). The summed E-state index contributed by atoms with van der Waals surface area (Å²) in [6.45, 7) is 8.72. The third kappa shape index (κ3) is 4.59. The van der Waals surface area contributed by atoms with Gasteiger partial charge in [-0.25, -0.2) is 4.79 Å². The van der Waals surface area contributed by atoms with E-state index in [2.05, 4.69) is 29.4 Å². The summed E-state index contributed by atoms with van der Waals surface area (Å²) in [7, 11) is 0. The molecule has 0 aromatic heterocycles. The quantitative estimate of drug-likeness (QED) is 0.702. The van der Waals surface area contributed by atoms with Crippen LogP contribution in [-0.2, 0) is 0 Å². The van der Waals surface area contributed by atoms with Crippen LogP contribution >= 0.6 is 0 Å². The number of piperidine rings is 1. The van der Waals surface area contributed by atoms with E-state index in [-0.39, 0.29) is 24.1 Å². The number of likely N-dealkylation sites (tertiary alicyclic amines) is 1. The van der Waals surface area contributed by atoms with Crippen molar-refractivity contribution in [2.45, 2.75) is 58.4 Å². The highest BCUT2D eigenvalue weighted by Crippen LogP contribution is 2.37. The average molecular weight is 311 g/mol. The normalized spacial score (nSPS) is 30.4. The van der Waals surface area contributed by atoms with Crippen LogP contribution in [0.3, 0.4) is 0 Å². The lowest BCUT2D eigenvalue weighted by Crippen LogP contribution is -2.49. The molecule has 3 N–H and O–H groups in total. The summed E-state index contributed by atoms with van der Waals surface area (Å²) < 4.78 is 0. The highest BCUT2D eigenvalue weighted by Gasteiger charge is 2.39. The van der Waals surface area contributed by atoms with Crippen molar-refractivity contribution in [3.05, 3.63) is 0 Å². The summed E-state index contributed by atoms with van der Waals surface area (Å²) in [5.41, 5.74) is -0.150. The van der Waals surface area contributed by atoms with E-state index in [9.17, 15) is 9.90 Å². The lowest BCUT2D eigenvalue weighted by molar-refractivity contribution is 0.120. The third-order valence-electron chi connectivity index (χ3n) is 5.55. The number of aliphatic hydroxyl groups is 1. The summed E-state index contributed by atoms with van der Waals surface area (Å²) in [5, 5.41) is 15.6. The molecule has 22 heavy (non-hydrogen) atoms. The van der Waals surface area contributed by atoms with Gasteiger partial charge in [0.2, 0.25) is 0 Å². The fourth-order valence-corrected chi connectivity index (χ4v) is 3.85. The summed E-state index contributed by atoms with van der Waals surface area (Å²) in [6.07, 6.45) is 6.62. The van der Waals surface area contributed by atoms with Crippen molar-refractivity contribution >= 4 is 6.03 Å². The van der Waals surface area contributed by atoms with E-state index in [1.165, 1.54) is 25.8 Å². The maximum absolute atomic E-state index is 12.1. The van der Waals surface area contributed by atoms with E-state index in [1.807, 2.05) is 0 Å². The maximum atomic E-state index is 12.1. The minimum absolute atomic E-state index is 0.0671. The summed E-state index contributed by atoms with van der Waals surface area (Å²) >= 11 is 0. The minimum atomic E-state index is -0.150. The second-order valence-corrected chi connectivity index (χ2v) is 7.40. The molecular weight excluding hydrogens is 278 g/mol. The first kappa shape index (κ1) is 17.5. The molecule has 2 atom stereocenters. The zero-order chi connectivity index (χ0) is 16.0. The fraction of sp³-hybridized carbons (Fsp3) is 0.941. The smallest absolute Gasteiger partial charge is 0.315 e. The number of hydrogen-bond acceptors (Lipinski definition) is 3. The average Bonchev–Trinajstić information content (AvgIpc) is 2.88. The molecule has 0 spiro atoms. The van der Waals surface area contributed by atoms with Crippen LogP contribution in [0, 0.1) is 11.3 Å². The van der Waals surface area contributed by atoms with Crippen LogP contribution < -0.4 is 10.6 Å². The van der Waals surface area contributed by atoms with E-state index in [1.54, 1.807) is 0 Å². The van der Waals surface area contributed by atoms with E-state index in [0.717, 1.165) is 38.9 Å². The molecule has 1 aliphatic heterocycles. The van der Waals surface area contributed by atoms with Gasteiger partial charge in [0.15, 0.2) is 0 Å². The van der Waals surface area contributed by atoms with Gasteiger partial charge >= 0.3 is 6.03 Å². The molecule has 2 fully saturated rings. The molecule has 5 nitrogen and oxygen atoms in total. The van der Waals surface area contributed by atoms with Crippen molar-refractivity contribution < 1.29 is 9.90 Å². The van der Waals surface area contributed by atoms with Gasteiger partial charge < -0.3 is 20.6 Å². The Hall–Kier alpha value is -0.810. The van der Waals surface area contributed by atoms with Gasteiger partial charge in [0, 0.05) is 18.0 Å². The van der Waals surface area contributed by atoms with Crippen molar-refractivity contribution in [1.29, 1.82) is 0 Å². The Morgan fingerprint density at radius 2 is 2.05 bits per heavy atom. The first-order chi connectivity index (χ1) is 10.6. The molecule has 0 aromatic carbocycles. The highest BCUT2D eigenvalue weighted by molar-refractivity contribution is 5.74. The first-order valence-corrected chi connectivity index (χ1v) is 8.95. The van der Waals surface area contributed by atoms with Crippen molar-refractivity contribution in [2.24, 2.45) is 11.3 Å². The van der Waals surface area contributed by atoms with Gasteiger partial charge in [-0.2, -0.15) is 0 Å². The zero-order valence-corrected chi connectivity index (χ0v) is 14.2. The first-order valence-electron chi connectivity index (χ1n) is 8.95. The zero-order valence-electron chi connectivity index (χ0n) is 14.2. The van der Waals surface area contributed by atoms with Crippen LogP contribution in [0.5, 0.6) is 0 Å². The second-order valence-electron chi connectivity index (χ2n) is 7.40. The predicted molar refractivity (Wildman–Crippen MR) is 88.8 cm³/mol. The topological polar surface area (TPSA) is 64.6 Å². The SMILES string of the molecule is CCCN1CCC(CNC(=O)NC2CCCC2(C)CO)CC1. The summed E-state index contributed by atoms with van der Waals surface area (Å²) in [5.74, 6) is 0.603. The molecular formula is C17H33N3O2. The number of nitrogens with one attached hydrogen (secondary N) is 2. The third-order valence-corrected chi connectivity index (χ3v) is 5.55. The van der Waals surface area contributed by atoms with Gasteiger partial charge in [-0.05, 0) is 57.7 Å². The Bertz CT molecular complexity index is 356. The predicted octanol–water partition coefficient (Wildman–Crippen LogP) is 1.96. The van der Waals surface area contributed by atoms with E-state index in [4.69, 9.17) is 0 Å². The van der Waals surface area contributed by atoms with Gasteiger partial charge in [-0.3, -0.25) is 0 Å². The molecule has 1 heterocycles. The molecule has 5 heteroatoms. The second kappa shape index (κ2) is 8.16. The number of aliphatic hydroxyl groups excluding tert-OH is 1. The van der Waals surface area contributed by atoms with Gasteiger partial charge in [0.05, 0.1) is 6.61 Å². The van der Waals surface area contributed by atoms with Crippen LogP contribution in [0.1, 0.15) is 52.4 Å². The standard InChI is InChI=1S/C17H33N3O2/c1-3-9-20-10-6-14(7-11-20)12-18-16(22)19-15-5-4-8-17(15,2)13-21/h14-15,21H,3-13H2,1-2H3,(H2,18,19,22).